The number of nitrogens with zero attached hydrogens (tertiary/aromatic N) is 3. The molecule has 0 saturated carbocycles. The van der Waals surface area contributed by atoms with Crippen molar-refractivity contribution >= 4 is 28.3 Å². The molecule has 0 aliphatic carbocycles. The summed E-state index contributed by atoms with van der Waals surface area (Å²) in [5.74, 6) is 1.64. The second-order valence-electron chi connectivity index (χ2n) is 12.5. The number of nitrogens with one attached hydrogen (secondary N) is 2. The van der Waals surface area contributed by atoms with Crippen molar-refractivity contribution in [1.29, 1.82) is 0 Å². The minimum Gasteiger partial charge on any atom is -0.491 e. The smallest absolute Gasteiger partial charge is 0.270 e. The number of carbonyl (C=O) groups excluding carboxylic acids is 1. The van der Waals surface area contributed by atoms with Gasteiger partial charge in [-0.05, 0) is 50.2 Å². The van der Waals surface area contributed by atoms with Crippen LogP contribution in [-0.2, 0) is 37.9 Å². The third kappa shape index (κ3) is 16.2. The van der Waals surface area contributed by atoms with E-state index in [-0.39, 0.29) is 5.91 Å². The summed E-state index contributed by atoms with van der Waals surface area (Å²) in [5.41, 5.74) is 2.48. The molecule has 1 fully saturated rings. The van der Waals surface area contributed by atoms with E-state index in [9.17, 15) is 4.79 Å². The molecule has 1 saturated heterocycles. The number of hydrogen-bond acceptors (Lipinski definition) is 13. The lowest BCUT2D eigenvalue weighted by atomic mass is 10.2. The van der Waals surface area contributed by atoms with Crippen LogP contribution in [0.2, 0.25) is 0 Å². The maximum absolute atomic E-state index is 13.4. The average molecular weight is 746 g/mol. The third-order valence-corrected chi connectivity index (χ3v) is 8.08. The molecule has 3 aromatic rings. The van der Waals surface area contributed by atoms with Gasteiger partial charge in [-0.15, -0.1) is 0 Å². The zero-order chi connectivity index (χ0) is 37.4. The summed E-state index contributed by atoms with van der Waals surface area (Å²) >= 11 is 0. The Morgan fingerprint density at radius 3 is 1.77 bits per heavy atom. The Morgan fingerprint density at radius 1 is 0.717 bits per heavy atom. The molecule has 53 heavy (non-hydrogen) atoms. The van der Waals surface area contributed by atoms with Crippen molar-refractivity contribution in [2.24, 2.45) is 0 Å². The number of pyridine rings is 1. The van der Waals surface area contributed by atoms with Gasteiger partial charge in [0.2, 0.25) is 0 Å². The molecule has 15 nitrogen and oxygen atoms in total. The minimum atomic E-state index is -0.00633. The number of piperazine rings is 1. The molecule has 1 aromatic carbocycles. The number of rotatable bonds is 29. The summed E-state index contributed by atoms with van der Waals surface area (Å²) in [6.45, 7) is 15.0. The van der Waals surface area contributed by atoms with E-state index < -0.39 is 0 Å². The molecule has 296 valence electrons. The second-order valence-corrected chi connectivity index (χ2v) is 12.5. The van der Waals surface area contributed by atoms with Crippen LogP contribution in [-0.4, -0.2) is 166 Å². The topological polar surface area (TPSA) is 147 Å². The Kier molecular flexibility index (Phi) is 20.3. The van der Waals surface area contributed by atoms with Crippen molar-refractivity contribution in [3.63, 3.8) is 0 Å². The summed E-state index contributed by atoms with van der Waals surface area (Å²) in [4.78, 5) is 25.4. The fraction of sp³-hybridized carbons (Fsp3) is 0.632. The number of methoxy groups -OCH3 is 1. The first-order chi connectivity index (χ1) is 26.0. The van der Waals surface area contributed by atoms with Gasteiger partial charge in [0.15, 0.2) is 5.82 Å². The molecule has 2 aromatic heterocycles. The molecule has 1 amide bonds. The maximum atomic E-state index is 13.4. The quantitative estimate of drug-likeness (QED) is 0.100. The van der Waals surface area contributed by atoms with Crippen LogP contribution in [0.3, 0.4) is 0 Å². The number of H-pyrrole nitrogens is 1. The highest BCUT2D eigenvalue weighted by Gasteiger charge is 2.25. The number of carbonyl (C=O) groups is 1. The Balaban J connectivity index is 0.969. The Hall–Kier alpha value is -3.54. The Bertz CT molecular complexity index is 1420. The first-order valence-corrected chi connectivity index (χ1v) is 18.6. The predicted octanol–water partition coefficient (Wildman–Crippen LogP) is 3.49. The van der Waals surface area contributed by atoms with Crippen LogP contribution in [0.25, 0.3) is 10.9 Å². The zero-order valence-corrected chi connectivity index (χ0v) is 31.7. The minimum absolute atomic E-state index is 0.00633. The molecule has 0 atom stereocenters. The van der Waals surface area contributed by atoms with E-state index in [1.165, 1.54) is 0 Å². The van der Waals surface area contributed by atoms with Crippen molar-refractivity contribution in [1.82, 2.24) is 14.9 Å². The maximum Gasteiger partial charge on any atom is 0.270 e. The number of aromatic amines is 1. The number of ether oxygens (including phenoxy) is 9. The molecule has 3 heterocycles. The fourth-order valence-corrected chi connectivity index (χ4v) is 5.46. The predicted molar refractivity (Wildman–Crippen MR) is 203 cm³/mol. The highest BCUT2D eigenvalue weighted by molar-refractivity contribution is 5.98. The number of benzene rings is 1. The van der Waals surface area contributed by atoms with Gasteiger partial charge in [0.05, 0.1) is 105 Å². The number of amides is 1. The SMILES string of the molecule is COCCOCCOCCOCCOCCOCCOCCOCCOc1ccc2[nH]c(C(=O)N3CCN(c4ncccc4NC(C)C)CC3)cc2c1. The zero-order valence-electron chi connectivity index (χ0n) is 31.7. The third-order valence-electron chi connectivity index (χ3n) is 8.08. The number of aromatic nitrogens is 2. The van der Waals surface area contributed by atoms with E-state index in [1.807, 2.05) is 47.5 Å². The molecule has 1 aliphatic rings. The van der Waals surface area contributed by atoms with E-state index in [1.54, 1.807) is 7.11 Å². The lowest BCUT2D eigenvalue weighted by Gasteiger charge is -2.36. The Labute approximate surface area is 313 Å². The fourth-order valence-electron chi connectivity index (χ4n) is 5.46. The van der Waals surface area contributed by atoms with Crippen molar-refractivity contribution in [3.8, 4) is 5.75 Å². The van der Waals surface area contributed by atoms with Crippen LogP contribution in [0.1, 0.15) is 24.3 Å². The van der Waals surface area contributed by atoms with Crippen LogP contribution < -0.4 is 15.0 Å². The molecular formula is C38H59N5O10. The van der Waals surface area contributed by atoms with Gasteiger partial charge in [0.25, 0.3) is 5.91 Å². The summed E-state index contributed by atoms with van der Waals surface area (Å²) in [6.07, 6.45) is 1.81. The van der Waals surface area contributed by atoms with Gasteiger partial charge < -0.3 is 62.7 Å². The van der Waals surface area contributed by atoms with Crippen LogP contribution in [0.15, 0.2) is 42.6 Å². The lowest BCUT2D eigenvalue weighted by molar-refractivity contribution is -0.0227. The van der Waals surface area contributed by atoms with E-state index in [0.717, 1.165) is 41.2 Å². The van der Waals surface area contributed by atoms with E-state index in [4.69, 9.17) is 42.6 Å². The normalized spacial score (nSPS) is 13.4. The van der Waals surface area contributed by atoms with E-state index >= 15 is 0 Å². The van der Waals surface area contributed by atoms with Crippen molar-refractivity contribution in [3.05, 3.63) is 48.3 Å². The molecule has 0 spiro atoms. The molecule has 2 N–H and O–H groups in total. The van der Waals surface area contributed by atoms with Gasteiger partial charge in [0, 0.05) is 56.4 Å². The van der Waals surface area contributed by atoms with Gasteiger partial charge in [-0.2, -0.15) is 0 Å². The summed E-state index contributed by atoms with van der Waals surface area (Å²) < 4.78 is 49.2. The van der Waals surface area contributed by atoms with Crippen molar-refractivity contribution in [2.45, 2.75) is 19.9 Å². The molecule has 4 rings (SSSR count). The van der Waals surface area contributed by atoms with Crippen LogP contribution >= 0.6 is 0 Å². The highest BCUT2D eigenvalue weighted by Crippen LogP contribution is 2.26. The summed E-state index contributed by atoms with van der Waals surface area (Å²) in [5, 5.41) is 4.39. The van der Waals surface area contributed by atoms with Gasteiger partial charge in [-0.1, -0.05) is 0 Å². The molecule has 15 heteroatoms. The number of fused-ring (bicyclic) bond motifs is 1. The molecule has 0 unspecified atom stereocenters. The lowest BCUT2D eigenvalue weighted by Crippen LogP contribution is -2.49. The van der Waals surface area contributed by atoms with Crippen molar-refractivity contribution < 1.29 is 47.4 Å². The number of anilines is 2. The standard InChI is InChI=1S/C38H59N5O10/c1-31(2)40-35-5-4-8-39-37(35)42-9-11-43(12-10-42)38(44)36-30-32-29-33(6-7-34(32)41-36)53-28-27-52-26-25-51-24-23-50-22-21-49-20-19-48-18-17-47-16-15-46-14-13-45-3/h4-8,29-31,40-41H,9-28H2,1-3H3. The molecule has 0 radical (unpaired) electrons. The van der Waals surface area contributed by atoms with Crippen molar-refractivity contribution in [2.75, 3.05) is 149 Å². The largest absolute Gasteiger partial charge is 0.491 e. The highest BCUT2D eigenvalue weighted by atomic mass is 16.6. The van der Waals surface area contributed by atoms with E-state index in [2.05, 4.69) is 34.0 Å². The molecule has 1 aliphatic heterocycles. The monoisotopic (exact) mass is 745 g/mol. The van der Waals surface area contributed by atoms with Gasteiger partial charge in [0.1, 0.15) is 18.1 Å². The summed E-state index contributed by atoms with van der Waals surface area (Å²) in [7, 11) is 1.65. The van der Waals surface area contributed by atoms with Gasteiger partial charge in [-0.3, -0.25) is 4.79 Å². The van der Waals surface area contributed by atoms with E-state index in [0.29, 0.717) is 131 Å². The first kappa shape index (κ1) is 42.2. The average Bonchev–Trinajstić information content (AvgIpc) is 3.60. The summed E-state index contributed by atoms with van der Waals surface area (Å²) in [6, 6.07) is 12.0. The Morgan fingerprint density at radius 2 is 1.25 bits per heavy atom. The second kappa shape index (κ2) is 25.5. The van der Waals surface area contributed by atoms with Crippen LogP contribution in [0.5, 0.6) is 5.75 Å². The van der Waals surface area contributed by atoms with Gasteiger partial charge in [-0.25, -0.2) is 4.98 Å². The van der Waals surface area contributed by atoms with Crippen LogP contribution in [0, 0.1) is 0 Å². The number of hydrogen-bond donors (Lipinski definition) is 2. The van der Waals surface area contributed by atoms with Crippen LogP contribution in [0.4, 0.5) is 11.5 Å². The molecule has 0 bridgehead atoms. The molecular weight excluding hydrogens is 686 g/mol. The van der Waals surface area contributed by atoms with Gasteiger partial charge >= 0.3 is 0 Å². The first-order valence-electron chi connectivity index (χ1n) is 18.6.